The number of nitrogens with one attached hydrogen (secondary N) is 2. The van der Waals surface area contributed by atoms with Gasteiger partial charge in [-0.25, -0.2) is 0 Å². The second-order valence-electron chi connectivity index (χ2n) is 4.59. The molecule has 1 atom stereocenters. The molecule has 0 aliphatic rings. The van der Waals surface area contributed by atoms with E-state index in [1.165, 1.54) is 13.2 Å². The lowest BCUT2D eigenvalue weighted by Crippen LogP contribution is -2.40. The molecule has 0 bridgehead atoms. The molecular formula is C14H20ClN3O4. The Morgan fingerprint density at radius 2 is 2.18 bits per heavy atom. The summed E-state index contributed by atoms with van der Waals surface area (Å²) in [6, 6.07) is 3.82. The van der Waals surface area contributed by atoms with Crippen LogP contribution in [0.5, 0.6) is 5.75 Å². The summed E-state index contributed by atoms with van der Waals surface area (Å²) in [7, 11) is 1.49. The molecule has 0 heterocycles. The number of hydrogen-bond acceptors (Lipinski definition) is 5. The fourth-order valence-corrected chi connectivity index (χ4v) is 2.02. The topological polar surface area (TPSA) is 114 Å². The Hall–Kier alpha value is -1.83. The van der Waals surface area contributed by atoms with Crippen LogP contribution < -0.4 is 21.1 Å². The molecule has 1 aromatic carbocycles. The van der Waals surface area contributed by atoms with Crippen LogP contribution in [0, 0.1) is 0 Å². The summed E-state index contributed by atoms with van der Waals surface area (Å²) in [6.07, 6.45) is 0.447. The number of carboxylic acids is 1. The number of halogens is 1. The summed E-state index contributed by atoms with van der Waals surface area (Å²) in [5, 5.41) is 14.8. The maximum Gasteiger partial charge on any atom is 0.321 e. The minimum Gasteiger partial charge on any atom is -0.495 e. The second kappa shape index (κ2) is 9.24. The van der Waals surface area contributed by atoms with E-state index in [2.05, 4.69) is 10.6 Å². The molecule has 0 aromatic heterocycles. The molecule has 0 radical (unpaired) electrons. The summed E-state index contributed by atoms with van der Waals surface area (Å²) >= 11 is 5.96. The summed E-state index contributed by atoms with van der Waals surface area (Å²) in [4.78, 5) is 23.0. The van der Waals surface area contributed by atoms with Crippen molar-refractivity contribution in [2.45, 2.75) is 18.9 Å². The van der Waals surface area contributed by atoms with Crippen LogP contribution in [-0.2, 0) is 9.59 Å². The third-order valence-corrected chi connectivity index (χ3v) is 3.19. The quantitative estimate of drug-likeness (QED) is 0.504. The van der Waals surface area contributed by atoms with E-state index >= 15 is 0 Å². The van der Waals surface area contributed by atoms with Crippen molar-refractivity contribution in [2.75, 3.05) is 25.5 Å². The Bertz CT molecular complexity index is 525. The molecule has 0 aliphatic heterocycles. The van der Waals surface area contributed by atoms with Crippen molar-refractivity contribution in [3.05, 3.63) is 23.2 Å². The first-order valence-corrected chi connectivity index (χ1v) is 7.15. The van der Waals surface area contributed by atoms with Gasteiger partial charge in [0.25, 0.3) is 0 Å². The van der Waals surface area contributed by atoms with Gasteiger partial charge in [-0.3, -0.25) is 9.59 Å². The average molecular weight is 330 g/mol. The molecule has 8 heteroatoms. The molecule has 0 aliphatic carbocycles. The Balaban J connectivity index is 2.59. The number of methoxy groups -OCH3 is 1. The lowest BCUT2D eigenvalue weighted by atomic mass is 10.2. The van der Waals surface area contributed by atoms with Crippen molar-refractivity contribution in [2.24, 2.45) is 5.73 Å². The van der Waals surface area contributed by atoms with Gasteiger partial charge < -0.3 is 26.2 Å². The molecule has 0 fully saturated rings. The molecule has 122 valence electrons. The standard InChI is InChI=1S/C14H20ClN3O4/c1-22-12-4-3-9(7-10(12)15)18-13(19)8-11(14(20)21)17-6-2-5-16/h3-4,7,11,17H,2,5-6,8,16H2,1H3,(H,18,19)(H,20,21)/t11-/m1/s1. The maximum atomic E-state index is 11.9. The largest absolute Gasteiger partial charge is 0.495 e. The SMILES string of the molecule is COc1ccc(NC(=O)C[C@@H](NCCCN)C(=O)O)cc1Cl. The van der Waals surface area contributed by atoms with Crippen molar-refractivity contribution in [3.63, 3.8) is 0 Å². The first kappa shape index (κ1) is 18.2. The molecule has 0 saturated carbocycles. The van der Waals surface area contributed by atoms with E-state index in [0.717, 1.165) is 0 Å². The van der Waals surface area contributed by atoms with Gasteiger partial charge in [-0.1, -0.05) is 11.6 Å². The van der Waals surface area contributed by atoms with Crippen molar-refractivity contribution in [3.8, 4) is 5.75 Å². The predicted molar refractivity (Wildman–Crippen MR) is 84.3 cm³/mol. The minimum absolute atomic E-state index is 0.191. The van der Waals surface area contributed by atoms with Crippen molar-refractivity contribution < 1.29 is 19.4 Å². The second-order valence-corrected chi connectivity index (χ2v) is 5.00. The van der Waals surface area contributed by atoms with E-state index in [-0.39, 0.29) is 6.42 Å². The number of hydrogen-bond donors (Lipinski definition) is 4. The Morgan fingerprint density at radius 1 is 1.45 bits per heavy atom. The van der Waals surface area contributed by atoms with Gasteiger partial charge in [0.1, 0.15) is 11.8 Å². The van der Waals surface area contributed by atoms with E-state index in [9.17, 15) is 9.59 Å². The Morgan fingerprint density at radius 3 is 2.73 bits per heavy atom. The van der Waals surface area contributed by atoms with E-state index in [1.807, 2.05) is 0 Å². The summed E-state index contributed by atoms with van der Waals surface area (Å²) in [5.41, 5.74) is 5.82. The Kier molecular flexibility index (Phi) is 7.65. The van der Waals surface area contributed by atoms with Crippen molar-refractivity contribution in [1.82, 2.24) is 5.32 Å². The highest BCUT2D eigenvalue weighted by atomic mass is 35.5. The first-order valence-electron chi connectivity index (χ1n) is 6.77. The first-order chi connectivity index (χ1) is 10.5. The zero-order valence-electron chi connectivity index (χ0n) is 12.3. The van der Waals surface area contributed by atoms with E-state index in [4.69, 9.17) is 27.2 Å². The highest BCUT2D eigenvalue weighted by Crippen LogP contribution is 2.27. The van der Waals surface area contributed by atoms with Crippen molar-refractivity contribution >= 4 is 29.2 Å². The number of benzene rings is 1. The molecule has 0 saturated heterocycles. The summed E-state index contributed by atoms with van der Waals surface area (Å²) in [6.45, 7) is 0.894. The van der Waals surface area contributed by atoms with Gasteiger partial charge in [-0.2, -0.15) is 0 Å². The molecule has 1 aromatic rings. The molecule has 22 heavy (non-hydrogen) atoms. The van der Waals surface area contributed by atoms with Crippen LogP contribution in [0.1, 0.15) is 12.8 Å². The zero-order chi connectivity index (χ0) is 16.5. The Labute approximate surface area is 133 Å². The number of carbonyl (C=O) groups excluding carboxylic acids is 1. The fourth-order valence-electron chi connectivity index (χ4n) is 1.77. The predicted octanol–water partition coefficient (Wildman–Crippen LogP) is 1.07. The van der Waals surface area contributed by atoms with Gasteiger partial charge in [0.2, 0.25) is 5.91 Å². The van der Waals surface area contributed by atoms with Gasteiger partial charge in [-0.05, 0) is 37.7 Å². The average Bonchev–Trinajstić information content (AvgIpc) is 2.46. The van der Waals surface area contributed by atoms with E-state index in [0.29, 0.717) is 36.0 Å². The monoisotopic (exact) mass is 329 g/mol. The van der Waals surface area contributed by atoms with Crippen LogP contribution in [0.25, 0.3) is 0 Å². The highest BCUT2D eigenvalue weighted by Gasteiger charge is 2.20. The number of amides is 1. The summed E-state index contributed by atoms with van der Waals surface area (Å²) in [5.74, 6) is -1.01. The van der Waals surface area contributed by atoms with Crippen LogP contribution in [0.3, 0.4) is 0 Å². The molecule has 0 spiro atoms. The number of ether oxygens (including phenoxy) is 1. The number of aliphatic carboxylic acids is 1. The lowest BCUT2D eigenvalue weighted by Gasteiger charge is -2.14. The number of rotatable bonds is 9. The molecule has 0 unspecified atom stereocenters. The number of nitrogens with two attached hydrogens (primary N) is 1. The van der Waals surface area contributed by atoms with E-state index < -0.39 is 17.9 Å². The van der Waals surface area contributed by atoms with Crippen LogP contribution in [0.2, 0.25) is 5.02 Å². The van der Waals surface area contributed by atoms with E-state index in [1.54, 1.807) is 12.1 Å². The number of carbonyl (C=O) groups is 2. The van der Waals surface area contributed by atoms with Gasteiger partial charge in [-0.15, -0.1) is 0 Å². The van der Waals surface area contributed by atoms with Crippen LogP contribution in [-0.4, -0.2) is 43.2 Å². The third-order valence-electron chi connectivity index (χ3n) is 2.89. The number of anilines is 1. The molecule has 1 amide bonds. The minimum atomic E-state index is -1.08. The van der Waals surface area contributed by atoms with Gasteiger partial charge in [0.05, 0.1) is 18.6 Å². The van der Waals surface area contributed by atoms with Crippen molar-refractivity contribution in [1.29, 1.82) is 0 Å². The number of carboxylic acid groups (broad SMARTS) is 1. The van der Waals surface area contributed by atoms with Gasteiger partial charge >= 0.3 is 5.97 Å². The lowest BCUT2D eigenvalue weighted by molar-refractivity contribution is -0.141. The molecular weight excluding hydrogens is 310 g/mol. The smallest absolute Gasteiger partial charge is 0.321 e. The van der Waals surface area contributed by atoms with Gasteiger partial charge in [0, 0.05) is 5.69 Å². The maximum absolute atomic E-state index is 11.9. The van der Waals surface area contributed by atoms with Gasteiger partial charge in [0.15, 0.2) is 0 Å². The normalized spacial score (nSPS) is 11.8. The molecule has 7 nitrogen and oxygen atoms in total. The van der Waals surface area contributed by atoms with Crippen LogP contribution >= 0.6 is 11.6 Å². The highest BCUT2D eigenvalue weighted by molar-refractivity contribution is 6.32. The fraction of sp³-hybridized carbons (Fsp3) is 0.429. The van der Waals surface area contributed by atoms with Crippen LogP contribution in [0.15, 0.2) is 18.2 Å². The molecule has 5 N–H and O–H groups in total. The summed E-state index contributed by atoms with van der Waals surface area (Å²) < 4.78 is 5.01. The van der Waals surface area contributed by atoms with Crippen LogP contribution in [0.4, 0.5) is 5.69 Å². The third kappa shape index (κ3) is 5.88. The zero-order valence-corrected chi connectivity index (χ0v) is 13.0. The molecule has 1 rings (SSSR count).